The first kappa shape index (κ1) is 27.6. The number of amides is 2. The number of halogens is 1. The highest BCUT2D eigenvalue weighted by Crippen LogP contribution is 2.34. The van der Waals surface area contributed by atoms with Gasteiger partial charge in [-0.3, -0.25) is 9.59 Å². The van der Waals surface area contributed by atoms with Gasteiger partial charge in [-0.05, 0) is 63.6 Å². The number of hydrogen-bond donors (Lipinski definition) is 1. The Morgan fingerprint density at radius 3 is 2.27 bits per heavy atom. The van der Waals surface area contributed by atoms with E-state index in [4.69, 9.17) is 9.47 Å². The van der Waals surface area contributed by atoms with Gasteiger partial charge in [-0.15, -0.1) is 11.3 Å². The number of rotatable bonds is 8. The number of hydrogen-bond acceptors (Lipinski definition) is 7. The monoisotopic (exact) mass is 529 g/mol. The van der Waals surface area contributed by atoms with Crippen LogP contribution < -0.4 is 5.32 Å². The number of nitrogens with zero attached hydrogens (tertiary/aromatic N) is 2. The topological polar surface area (TPSA) is 107 Å². The molecule has 0 fully saturated rings. The predicted octanol–water partition coefficient (Wildman–Crippen LogP) is 4.28. The van der Waals surface area contributed by atoms with Gasteiger partial charge in [-0.2, -0.15) is 0 Å². The van der Waals surface area contributed by atoms with Crippen molar-refractivity contribution in [3.63, 3.8) is 0 Å². The Hall–Kier alpha value is -3.99. The second-order valence-corrected chi connectivity index (χ2v) is 9.42. The fourth-order valence-corrected chi connectivity index (χ4v) is 5.02. The number of carbonyl (C=O) groups is 4. The van der Waals surface area contributed by atoms with Crippen LogP contribution in [-0.4, -0.2) is 60.5 Å². The Balaban J connectivity index is 1.77. The summed E-state index contributed by atoms with van der Waals surface area (Å²) in [5.41, 5.74) is 2.71. The summed E-state index contributed by atoms with van der Waals surface area (Å²) in [6.07, 6.45) is 0. The lowest BCUT2D eigenvalue weighted by Crippen LogP contribution is -2.22. The lowest BCUT2D eigenvalue weighted by molar-refractivity contribution is -0.119. The zero-order chi connectivity index (χ0) is 27.4. The maximum atomic E-state index is 13.3. The van der Waals surface area contributed by atoms with Crippen molar-refractivity contribution >= 4 is 40.1 Å². The van der Waals surface area contributed by atoms with Crippen LogP contribution in [0, 0.1) is 26.6 Å². The third-order valence-electron chi connectivity index (χ3n) is 5.55. The maximum Gasteiger partial charge on any atom is 0.341 e. The van der Waals surface area contributed by atoms with Crippen LogP contribution in [0.5, 0.6) is 0 Å². The summed E-state index contributed by atoms with van der Waals surface area (Å²) in [6, 6.07) is 7.46. The fourth-order valence-electron chi connectivity index (χ4n) is 3.79. The van der Waals surface area contributed by atoms with Gasteiger partial charge in [0.15, 0.2) is 6.61 Å². The van der Waals surface area contributed by atoms with E-state index in [0.717, 1.165) is 17.0 Å². The van der Waals surface area contributed by atoms with Gasteiger partial charge in [-0.1, -0.05) is 0 Å². The van der Waals surface area contributed by atoms with Crippen LogP contribution in [0.25, 0.3) is 5.69 Å². The molecule has 2 amide bonds. The molecule has 0 aliphatic rings. The van der Waals surface area contributed by atoms with Crippen LogP contribution >= 0.6 is 11.3 Å². The molecule has 0 saturated carbocycles. The first-order valence-electron chi connectivity index (χ1n) is 11.4. The van der Waals surface area contributed by atoms with Crippen LogP contribution in [0.4, 0.5) is 9.39 Å². The van der Waals surface area contributed by atoms with Crippen LogP contribution in [0.2, 0.25) is 0 Å². The number of esters is 2. The van der Waals surface area contributed by atoms with Gasteiger partial charge in [0, 0.05) is 31.2 Å². The minimum Gasteiger partial charge on any atom is -0.462 e. The van der Waals surface area contributed by atoms with Crippen molar-refractivity contribution in [2.75, 3.05) is 32.6 Å². The summed E-state index contributed by atoms with van der Waals surface area (Å²) >= 11 is 0.948. The largest absolute Gasteiger partial charge is 0.462 e. The molecular formula is C26H28FN3O6S. The van der Waals surface area contributed by atoms with Gasteiger partial charge in [-0.25, -0.2) is 14.0 Å². The first-order chi connectivity index (χ1) is 17.5. The van der Waals surface area contributed by atoms with Gasteiger partial charge in [0.05, 0.1) is 22.6 Å². The van der Waals surface area contributed by atoms with Crippen LogP contribution in [0.15, 0.2) is 30.3 Å². The number of aryl methyl sites for hydroxylation is 1. The van der Waals surface area contributed by atoms with E-state index in [9.17, 15) is 23.6 Å². The summed E-state index contributed by atoms with van der Waals surface area (Å²) in [5, 5.41) is 2.70. The van der Waals surface area contributed by atoms with Crippen molar-refractivity contribution in [1.29, 1.82) is 0 Å². The van der Waals surface area contributed by atoms with E-state index < -0.39 is 24.5 Å². The lowest BCUT2D eigenvalue weighted by Gasteiger charge is -2.10. The van der Waals surface area contributed by atoms with E-state index in [1.165, 1.54) is 17.0 Å². The summed E-state index contributed by atoms with van der Waals surface area (Å²) in [4.78, 5) is 52.1. The molecule has 196 valence electrons. The highest BCUT2D eigenvalue weighted by Gasteiger charge is 2.28. The molecule has 3 aromatic rings. The van der Waals surface area contributed by atoms with E-state index in [2.05, 4.69) is 5.32 Å². The van der Waals surface area contributed by atoms with E-state index in [1.807, 2.05) is 0 Å². The minimum absolute atomic E-state index is 0.0829. The summed E-state index contributed by atoms with van der Waals surface area (Å²) < 4.78 is 25.4. The molecule has 0 spiro atoms. The number of aromatic nitrogens is 1. The fraction of sp³-hybridized carbons (Fsp3) is 0.308. The molecule has 2 aromatic heterocycles. The van der Waals surface area contributed by atoms with Crippen molar-refractivity contribution in [3.8, 4) is 5.69 Å². The van der Waals surface area contributed by atoms with Crippen molar-refractivity contribution in [1.82, 2.24) is 9.47 Å². The Morgan fingerprint density at radius 1 is 1.03 bits per heavy atom. The Bertz CT molecular complexity index is 1360. The van der Waals surface area contributed by atoms with Gasteiger partial charge in [0.25, 0.3) is 11.8 Å². The van der Waals surface area contributed by atoms with Gasteiger partial charge >= 0.3 is 11.9 Å². The Kier molecular flexibility index (Phi) is 8.49. The second-order valence-electron chi connectivity index (χ2n) is 8.40. The summed E-state index contributed by atoms with van der Waals surface area (Å²) in [6.45, 7) is 6.27. The highest BCUT2D eigenvalue weighted by molar-refractivity contribution is 7.18. The molecule has 0 atom stereocenters. The predicted molar refractivity (Wildman–Crippen MR) is 137 cm³/mol. The molecule has 1 N–H and O–H groups in total. The number of benzene rings is 1. The standard InChI is InChI=1S/C26H28FN3O6S/c1-7-35-26(34)21-15(3)22(24(32)29(5)6)37-23(21)28-20(31)13-36-25(33)19-12-14(2)30(16(19)4)18-10-8-17(27)9-11-18/h8-12H,7,13H2,1-6H3,(H,28,31). The first-order valence-corrected chi connectivity index (χ1v) is 12.2. The van der Waals surface area contributed by atoms with Crippen LogP contribution in [0.1, 0.15) is 54.3 Å². The number of ether oxygens (including phenoxy) is 2. The molecule has 0 bridgehead atoms. The summed E-state index contributed by atoms with van der Waals surface area (Å²) in [7, 11) is 3.16. The molecule has 9 nitrogen and oxygen atoms in total. The maximum absolute atomic E-state index is 13.3. The zero-order valence-corrected chi connectivity index (χ0v) is 22.2. The third kappa shape index (κ3) is 5.88. The average Bonchev–Trinajstić information content (AvgIpc) is 3.32. The third-order valence-corrected chi connectivity index (χ3v) is 6.75. The van der Waals surface area contributed by atoms with Crippen LogP contribution in [-0.2, 0) is 14.3 Å². The van der Waals surface area contributed by atoms with Crippen molar-refractivity contribution < 1.29 is 33.0 Å². The zero-order valence-electron chi connectivity index (χ0n) is 21.4. The molecule has 3 rings (SSSR count). The summed E-state index contributed by atoms with van der Waals surface area (Å²) in [5.74, 6) is -2.77. The molecule has 0 aliphatic heterocycles. The van der Waals surface area contributed by atoms with Crippen molar-refractivity contribution in [3.05, 3.63) is 69.1 Å². The molecule has 1 aromatic carbocycles. The number of nitrogens with one attached hydrogen (secondary N) is 1. The molecule has 2 heterocycles. The highest BCUT2D eigenvalue weighted by atomic mass is 32.1. The van der Waals surface area contributed by atoms with Crippen LogP contribution in [0.3, 0.4) is 0 Å². The Morgan fingerprint density at radius 2 is 1.68 bits per heavy atom. The normalized spacial score (nSPS) is 10.7. The van der Waals surface area contributed by atoms with E-state index in [0.29, 0.717) is 16.9 Å². The van der Waals surface area contributed by atoms with Crippen molar-refractivity contribution in [2.45, 2.75) is 27.7 Å². The molecule has 0 unspecified atom stereocenters. The van der Waals surface area contributed by atoms with E-state index in [-0.39, 0.29) is 39.3 Å². The molecule has 0 aliphatic carbocycles. The second kappa shape index (κ2) is 11.4. The molecule has 11 heteroatoms. The quantitative estimate of drug-likeness (QED) is 0.437. The lowest BCUT2D eigenvalue weighted by atomic mass is 10.1. The van der Waals surface area contributed by atoms with Crippen molar-refractivity contribution in [2.24, 2.45) is 0 Å². The Labute approximate surface area is 217 Å². The molecule has 0 radical (unpaired) electrons. The van der Waals surface area contributed by atoms with Gasteiger partial charge in [0.2, 0.25) is 0 Å². The van der Waals surface area contributed by atoms with E-state index in [1.54, 1.807) is 64.6 Å². The van der Waals surface area contributed by atoms with Gasteiger partial charge < -0.3 is 24.3 Å². The smallest absolute Gasteiger partial charge is 0.341 e. The number of thiophene rings is 1. The van der Waals surface area contributed by atoms with E-state index >= 15 is 0 Å². The SMILES string of the molecule is CCOC(=O)c1c(NC(=O)COC(=O)c2cc(C)n(-c3ccc(F)cc3)c2C)sc(C(=O)N(C)C)c1C. The van der Waals surface area contributed by atoms with Gasteiger partial charge in [0.1, 0.15) is 10.8 Å². The number of anilines is 1. The molecule has 0 saturated heterocycles. The number of carbonyl (C=O) groups excluding carboxylic acids is 4. The average molecular weight is 530 g/mol. The molecular weight excluding hydrogens is 501 g/mol. The molecule has 37 heavy (non-hydrogen) atoms. The minimum atomic E-state index is -0.715.